The average Bonchev–Trinajstić information content (AvgIpc) is 3.09. The van der Waals surface area contributed by atoms with Gasteiger partial charge in [-0.15, -0.1) is 0 Å². The molecule has 0 unspecified atom stereocenters. The maximum Gasteiger partial charge on any atom is 0.411 e. The van der Waals surface area contributed by atoms with Gasteiger partial charge in [0.2, 0.25) is 0 Å². The van der Waals surface area contributed by atoms with Crippen LogP contribution in [0, 0.1) is 0 Å². The number of rotatable bonds is 7. The Morgan fingerprint density at radius 3 is 2.63 bits per heavy atom. The van der Waals surface area contributed by atoms with E-state index in [-0.39, 0.29) is 6.10 Å². The highest BCUT2D eigenvalue weighted by molar-refractivity contribution is 6.01. The van der Waals surface area contributed by atoms with E-state index in [0.29, 0.717) is 18.3 Å². The SMILES string of the molecule is CC(C)OC(=O)Nc1ccc(-c2c(N)c3ccc(OCc4cccnc4)cc3n2C2CCC2)cc1. The molecule has 180 valence electrons. The van der Waals surface area contributed by atoms with Gasteiger partial charge >= 0.3 is 6.09 Å². The number of carbonyl (C=O) groups excluding carboxylic acids is 1. The molecule has 1 aliphatic carbocycles. The van der Waals surface area contributed by atoms with Crippen LogP contribution in [0.1, 0.15) is 44.7 Å². The summed E-state index contributed by atoms with van der Waals surface area (Å²) in [6.45, 7) is 4.10. The number of hydrogen-bond acceptors (Lipinski definition) is 5. The van der Waals surface area contributed by atoms with Crippen LogP contribution in [0.3, 0.4) is 0 Å². The minimum Gasteiger partial charge on any atom is -0.489 e. The van der Waals surface area contributed by atoms with E-state index < -0.39 is 6.09 Å². The number of anilines is 2. The van der Waals surface area contributed by atoms with Crippen molar-refractivity contribution >= 4 is 28.4 Å². The normalized spacial score (nSPS) is 13.6. The third-order valence-corrected chi connectivity index (χ3v) is 6.33. The fourth-order valence-electron chi connectivity index (χ4n) is 4.45. The van der Waals surface area contributed by atoms with Crippen LogP contribution >= 0.6 is 0 Å². The number of nitrogens with one attached hydrogen (secondary N) is 1. The number of nitrogen functional groups attached to an aromatic ring is 1. The molecular weight excluding hydrogens is 440 g/mol. The third-order valence-electron chi connectivity index (χ3n) is 6.33. The van der Waals surface area contributed by atoms with Gasteiger partial charge in [0, 0.05) is 46.7 Å². The Morgan fingerprint density at radius 1 is 1.17 bits per heavy atom. The van der Waals surface area contributed by atoms with E-state index in [2.05, 4.69) is 20.9 Å². The monoisotopic (exact) mass is 470 g/mol. The summed E-state index contributed by atoms with van der Waals surface area (Å²) in [7, 11) is 0. The van der Waals surface area contributed by atoms with E-state index in [1.807, 2.05) is 68.6 Å². The molecule has 7 nitrogen and oxygen atoms in total. The van der Waals surface area contributed by atoms with Gasteiger partial charge in [-0.05, 0) is 63.4 Å². The first kappa shape index (κ1) is 22.8. The van der Waals surface area contributed by atoms with Crippen LogP contribution in [-0.2, 0) is 11.3 Å². The van der Waals surface area contributed by atoms with Gasteiger partial charge < -0.3 is 19.8 Å². The van der Waals surface area contributed by atoms with E-state index in [1.54, 1.807) is 6.20 Å². The number of nitrogens with two attached hydrogens (primary N) is 1. The number of carbonyl (C=O) groups is 1. The number of pyridine rings is 1. The van der Waals surface area contributed by atoms with Crippen LogP contribution in [-0.4, -0.2) is 21.7 Å². The molecule has 2 heterocycles. The molecule has 0 spiro atoms. The Kier molecular flexibility index (Phi) is 6.31. The van der Waals surface area contributed by atoms with Crippen LogP contribution < -0.4 is 15.8 Å². The molecule has 1 aliphatic rings. The lowest BCUT2D eigenvalue weighted by molar-refractivity contribution is 0.130. The number of benzene rings is 2. The van der Waals surface area contributed by atoms with Crippen molar-refractivity contribution in [3.8, 4) is 17.0 Å². The summed E-state index contributed by atoms with van der Waals surface area (Å²) in [5, 5.41) is 3.78. The summed E-state index contributed by atoms with van der Waals surface area (Å²) in [6, 6.07) is 18.1. The summed E-state index contributed by atoms with van der Waals surface area (Å²) in [5.41, 5.74) is 12.3. The first-order valence-electron chi connectivity index (χ1n) is 12.0. The van der Waals surface area contributed by atoms with Gasteiger partial charge in [0.25, 0.3) is 0 Å². The number of nitrogens with zero attached hydrogens (tertiary/aromatic N) is 2. The van der Waals surface area contributed by atoms with Crippen LogP contribution in [0.4, 0.5) is 16.2 Å². The van der Waals surface area contributed by atoms with Crippen LogP contribution in [0.5, 0.6) is 5.75 Å². The molecule has 35 heavy (non-hydrogen) atoms. The summed E-state index contributed by atoms with van der Waals surface area (Å²) in [6.07, 6.45) is 6.38. The van der Waals surface area contributed by atoms with Crippen LogP contribution in [0.2, 0.25) is 0 Å². The maximum atomic E-state index is 11.9. The van der Waals surface area contributed by atoms with E-state index in [4.69, 9.17) is 15.2 Å². The Bertz CT molecular complexity index is 1330. The quantitative estimate of drug-likeness (QED) is 0.320. The fourth-order valence-corrected chi connectivity index (χ4v) is 4.45. The number of hydrogen-bond donors (Lipinski definition) is 2. The molecule has 1 saturated carbocycles. The van der Waals surface area contributed by atoms with Crippen molar-refractivity contribution in [3.05, 3.63) is 72.6 Å². The lowest BCUT2D eigenvalue weighted by Gasteiger charge is -2.30. The van der Waals surface area contributed by atoms with Gasteiger partial charge in [0.1, 0.15) is 12.4 Å². The van der Waals surface area contributed by atoms with Crippen molar-refractivity contribution < 1.29 is 14.3 Å². The molecule has 0 radical (unpaired) electrons. The zero-order valence-electron chi connectivity index (χ0n) is 20.0. The Morgan fingerprint density at radius 2 is 1.97 bits per heavy atom. The summed E-state index contributed by atoms with van der Waals surface area (Å²) < 4.78 is 13.6. The highest BCUT2D eigenvalue weighted by Gasteiger charge is 2.27. The smallest absolute Gasteiger partial charge is 0.411 e. The standard InChI is InChI=1S/C28H30N4O3/c1-18(2)35-28(33)31-21-10-8-20(9-11-21)27-26(29)24-13-12-23(34-17-19-5-4-14-30-16-19)15-25(24)32(27)22-6-3-7-22/h4-5,8-16,18,22H,3,6-7,17,29H2,1-2H3,(H,31,33). The lowest BCUT2D eigenvalue weighted by Crippen LogP contribution is -2.18. The molecule has 0 bridgehead atoms. The van der Waals surface area contributed by atoms with Gasteiger partial charge in [0.15, 0.2) is 0 Å². The van der Waals surface area contributed by atoms with Gasteiger partial charge in [-0.1, -0.05) is 18.2 Å². The molecule has 2 aromatic carbocycles. The molecule has 5 rings (SSSR count). The minimum absolute atomic E-state index is 0.175. The number of fused-ring (bicyclic) bond motifs is 1. The maximum absolute atomic E-state index is 11.9. The molecule has 0 saturated heterocycles. The van der Waals surface area contributed by atoms with Gasteiger partial charge in [0.05, 0.1) is 23.0 Å². The third kappa shape index (κ3) is 4.80. The molecule has 1 fully saturated rings. The zero-order chi connectivity index (χ0) is 24.4. The van der Waals surface area contributed by atoms with Gasteiger partial charge in [-0.3, -0.25) is 10.3 Å². The molecular formula is C28H30N4O3. The average molecular weight is 471 g/mol. The second-order valence-corrected chi connectivity index (χ2v) is 9.20. The van der Waals surface area contributed by atoms with E-state index in [1.165, 1.54) is 6.42 Å². The van der Waals surface area contributed by atoms with Crippen molar-refractivity contribution in [3.63, 3.8) is 0 Å². The fraction of sp³-hybridized carbons (Fsp3) is 0.286. The van der Waals surface area contributed by atoms with Crippen LogP contribution in [0.15, 0.2) is 67.0 Å². The second kappa shape index (κ2) is 9.70. The first-order valence-corrected chi connectivity index (χ1v) is 12.0. The number of aromatic nitrogens is 2. The predicted molar refractivity (Wildman–Crippen MR) is 138 cm³/mol. The molecule has 7 heteroatoms. The number of ether oxygens (including phenoxy) is 2. The van der Waals surface area contributed by atoms with Crippen molar-refractivity contribution in [2.24, 2.45) is 0 Å². The Hall–Kier alpha value is -4.00. The minimum atomic E-state index is -0.463. The first-order chi connectivity index (χ1) is 17.0. The summed E-state index contributed by atoms with van der Waals surface area (Å²) in [5.74, 6) is 0.800. The highest BCUT2D eigenvalue weighted by Crippen LogP contribution is 2.45. The van der Waals surface area contributed by atoms with Crippen molar-refractivity contribution in [2.45, 2.75) is 51.9 Å². The summed E-state index contributed by atoms with van der Waals surface area (Å²) in [4.78, 5) is 16.1. The molecule has 2 aromatic heterocycles. The summed E-state index contributed by atoms with van der Waals surface area (Å²) >= 11 is 0. The lowest BCUT2D eigenvalue weighted by atomic mass is 9.92. The Labute approximate surface area is 204 Å². The number of amides is 1. The highest BCUT2D eigenvalue weighted by atomic mass is 16.6. The second-order valence-electron chi connectivity index (χ2n) is 9.20. The van der Waals surface area contributed by atoms with Crippen molar-refractivity contribution in [2.75, 3.05) is 11.1 Å². The molecule has 0 atom stereocenters. The van der Waals surface area contributed by atoms with Crippen molar-refractivity contribution in [1.82, 2.24) is 9.55 Å². The van der Waals surface area contributed by atoms with E-state index in [0.717, 1.165) is 52.0 Å². The van der Waals surface area contributed by atoms with Crippen molar-refractivity contribution in [1.29, 1.82) is 0 Å². The van der Waals surface area contributed by atoms with Gasteiger partial charge in [-0.2, -0.15) is 0 Å². The van der Waals surface area contributed by atoms with E-state index in [9.17, 15) is 4.79 Å². The largest absolute Gasteiger partial charge is 0.489 e. The molecule has 0 aliphatic heterocycles. The zero-order valence-corrected chi connectivity index (χ0v) is 20.0. The predicted octanol–water partition coefficient (Wildman–Crippen LogP) is 6.55. The molecule has 1 amide bonds. The molecule has 3 N–H and O–H groups in total. The topological polar surface area (TPSA) is 91.4 Å². The van der Waals surface area contributed by atoms with E-state index >= 15 is 0 Å². The van der Waals surface area contributed by atoms with Gasteiger partial charge in [-0.25, -0.2) is 4.79 Å². The Balaban J connectivity index is 1.47. The van der Waals surface area contributed by atoms with Crippen LogP contribution in [0.25, 0.3) is 22.2 Å². The molecule has 4 aromatic rings.